The number of unbranched alkanes of at least 4 members (excludes halogenated alkanes) is 3. The number of aromatic carboxylic acids is 1. The van der Waals surface area contributed by atoms with Gasteiger partial charge in [0, 0.05) is 5.56 Å². The Labute approximate surface area is 167 Å². The topological polar surface area (TPSA) is 66.8 Å². The molecule has 0 saturated carbocycles. The quantitative estimate of drug-likeness (QED) is 0.442. The minimum atomic E-state index is -1.15. The van der Waals surface area contributed by atoms with Gasteiger partial charge in [-0.2, -0.15) is 0 Å². The second-order valence-corrected chi connectivity index (χ2v) is 7.20. The summed E-state index contributed by atoms with van der Waals surface area (Å²) in [5.74, 6) is -0.792. The van der Waals surface area contributed by atoms with Gasteiger partial charge in [-0.05, 0) is 35.6 Å². The molecule has 2 rings (SSSR count). The first kappa shape index (κ1) is 21.5. The van der Waals surface area contributed by atoms with E-state index in [2.05, 4.69) is 13.5 Å². The fourth-order valence-corrected chi connectivity index (χ4v) is 3.20. The number of hydrogen-bond acceptors (Lipinski definition) is 3. The predicted molar refractivity (Wildman–Crippen MR) is 113 cm³/mol. The second kappa shape index (κ2) is 10.5. The van der Waals surface area contributed by atoms with Crippen molar-refractivity contribution in [3.05, 3.63) is 65.2 Å². The van der Waals surface area contributed by atoms with Crippen molar-refractivity contribution >= 4 is 12.0 Å². The zero-order valence-corrected chi connectivity index (χ0v) is 16.8. The molecule has 0 aliphatic carbocycles. The molecule has 1 atom stereocenters. The summed E-state index contributed by atoms with van der Waals surface area (Å²) in [6.07, 6.45) is 7.23. The van der Waals surface area contributed by atoms with E-state index in [1.807, 2.05) is 31.2 Å². The van der Waals surface area contributed by atoms with Crippen LogP contribution < -0.4 is 4.74 Å². The van der Waals surface area contributed by atoms with E-state index in [-0.39, 0.29) is 17.2 Å². The molecule has 0 radical (unpaired) electrons. The van der Waals surface area contributed by atoms with Crippen LogP contribution in [0.3, 0.4) is 0 Å². The first-order chi connectivity index (χ1) is 13.5. The normalized spacial score (nSPS) is 11.8. The standard InChI is InChI=1S/C24H30O4/c1-4-6-7-8-9-17(3)21-14-20(15-22(23(21)25)24(26)27)28-16-19-12-10-18(5-2)11-13-19/h5,10-15,17,25H,2,4,6-9,16H2,1,3H3,(H,26,27). The van der Waals surface area contributed by atoms with Crippen LogP contribution >= 0.6 is 0 Å². The summed E-state index contributed by atoms with van der Waals surface area (Å²) in [6.45, 7) is 8.25. The van der Waals surface area contributed by atoms with Crippen molar-refractivity contribution in [3.63, 3.8) is 0 Å². The summed E-state index contributed by atoms with van der Waals surface area (Å²) < 4.78 is 5.84. The Morgan fingerprint density at radius 3 is 2.50 bits per heavy atom. The average Bonchev–Trinajstić information content (AvgIpc) is 2.70. The number of phenols is 1. The number of carboxylic acid groups (broad SMARTS) is 1. The van der Waals surface area contributed by atoms with Gasteiger partial charge in [-0.25, -0.2) is 4.79 Å². The van der Waals surface area contributed by atoms with Gasteiger partial charge in [-0.3, -0.25) is 0 Å². The third-order valence-electron chi connectivity index (χ3n) is 4.99. The largest absolute Gasteiger partial charge is 0.507 e. The Balaban J connectivity index is 2.17. The maximum Gasteiger partial charge on any atom is 0.339 e. The molecule has 0 amide bonds. The number of hydrogen-bond donors (Lipinski definition) is 2. The Hall–Kier alpha value is -2.75. The molecule has 0 fully saturated rings. The maximum atomic E-state index is 11.6. The summed E-state index contributed by atoms with van der Waals surface area (Å²) in [4.78, 5) is 11.6. The third kappa shape index (κ3) is 5.88. The molecule has 2 aromatic carbocycles. The van der Waals surface area contributed by atoms with Crippen LogP contribution in [-0.4, -0.2) is 16.2 Å². The average molecular weight is 383 g/mol. The first-order valence-corrected chi connectivity index (χ1v) is 9.90. The van der Waals surface area contributed by atoms with E-state index in [1.54, 1.807) is 12.1 Å². The molecule has 4 nitrogen and oxygen atoms in total. The molecule has 0 aliphatic rings. The summed E-state index contributed by atoms with van der Waals surface area (Å²) in [5, 5.41) is 19.9. The number of ether oxygens (including phenoxy) is 1. The van der Waals surface area contributed by atoms with Crippen LogP contribution in [0.4, 0.5) is 0 Å². The first-order valence-electron chi connectivity index (χ1n) is 9.90. The Morgan fingerprint density at radius 1 is 1.18 bits per heavy atom. The molecule has 0 spiro atoms. The second-order valence-electron chi connectivity index (χ2n) is 7.20. The zero-order valence-electron chi connectivity index (χ0n) is 16.8. The monoisotopic (exact) mass is 382 g/mol. The minimum absolute atomic E-state index is 0.0605. The fraction of sp³-hybridized carbons (Fsp3) is 0.375. The Morgan fingerprint density at radius 2 is 1.89 bits per heavy atom. The van der Waals surface area contributed by atoms with Gasteiger partial charge in [0.15, 0.2) is 0 Å². The van der Waals surface area contributed by atoms with Gasteiger partial charge in [0.25, 0.3) is 0 Å². The number of carboxylic acids is 1. The highest BCUT2D eigenvalue weighted by molar-refractivity contribution is 5.92. The number of rotatable bonds is 11. The van der Waals surface area contributed by atoms with Crippen LogP contribution in [-0.2, 0) is 6.61 Å². The smallest absolute Gasteiger partial charge is 0.339 e. The van der Waals surface area contributed by atoms with E-state index in [1.165, 1.54) is 18.9 Å². The van der Waals surface area contributed by atoms with Crippen molar-refractivity contribution in [1.82, 2.24) is 0 Å². The molecular formula is C24H30O4. The van der Waals surface area contributed by atoms with Gasteiger partial charge >= 0.3 is 5.97 Å². The van der Waals surface area contributed by atoms with Gasteiger partial charge in [0.05, 0.1) is 0 Å². The van der Waals surface area contributed by atoms with E-state index < -0.39 is 5.97 Å². The van der Waals surface area contributed by atoms with E-state index >= 15 is 0 Å². The Kier molecular flexibility index (Phi) is 8.12. The number of carbonyl (C=O) groups is 1. The fourth-order valence-electron chi connectivity index (χ4n) is 3.20. The number of aromatic hydroxyl groups is 1. The van der Waals surface area contributed by atoms with E-state index in [4.69, 9.17) is 4.74 Å². The maximum absolute atomic E-state index is 11.6. The van der Waals surface area contributed by atoms with Gasteiger partial charge in [-0.1, -0.05) is 76.5 Å². The lowest BCUT2D eigenvalue weighted by Crippen LogP contribution is -2.04. The van der Waals surface area contributed by atoms with Crippen molar-refractivity contribution in [3.8, 4) is 11.5 Å². The van der Waals surface area contributed by atoms with Gasteiger partial charge in [-0.15, -0.1) is 0 Å². The van der Waals surface area contributed by atoms with Crippen LogP contribution in [0.25, 0.3) is 6.08 Å². The van der Waals surface area contributed by atoms with Crippen molar-refractivity contribution in [2.75, 3.05) is 0 Å². The van der Waals surface area contributed by atoms with E-state index in [0.29, 0.717) is 17.9 Å². The molecule has 2 aromatic rings. The predicted octanol–water partition coefficient (Wildman–Crippen LogP) is 6.39. The van der Waals surface area contributed by atoms with Crippen LogP contribution in [0.2, 0.25) is 0 Å². The summed E-state index contributed by atoms with van der Waals surface area (Å²) in [5.41, 5.74) is 2.52. The molecule has 150 valence electrons. The van der Waals surface area contributed by atoms with Crippen LogP contribution in [0, 0.1) is 0 Å². The highest BCUT2D eigenvalue weighted by Crippen LogP contribution is 2.36. The van der Waals surface area contributed by atoms with Gasteiger partial charge in [0.2, 0.25) is 0 Å². The van der Waals surface area contributed by atoms with E-state index in [0.717, 1.165) is 30.4 Å². The highest BCUT2D eigenvalue weighted by atomic mass is 16.5. The van der Waals surface area contributed by atoms with Crippen LogP contribution in [0.15, 0.2) is 43.0 Å². The van der Waals surface area contributed by atoms with Crippen molar-refractivity contribution in [2.24, 2.45) is 0 Å². The summed E-state index contributed by atoms with van der Waals surface area (Å²) in [6, 6.07) is 11.0. The van der Waals surface area contributed by atoms with Crippen molar-refractivity contribution in [2.45, 2.75) is 58.5 Å². The molecular weight excluding hydrogens is 352 g/mol. The lowest BCUT2D eigenvalue weighted by molar-refractivity contribution is 0.0693. The molecule has 2 N–H and O–H groups in total. The van der Waals surface area contributed by atoms with Crippen LogP contribution in [0.1, 0.15) is 78.9 Å². The minimum Gasteiger partial charge on any atom is -0.507 e. The molecule has 1 unspecified atom stereocenters. The lowest BCUT2D eigenvalue weighted by Gasteiger charge is -2.17. The third-order valence-corrected chi connectivity index (χ3v) is 4.99. The molecule has 0 saturated heterocycles. The van der Waals surface area contributed by atoms with Crippen molar-refractivity contribution in [1.29, 1.82) is 0 Å². The Bertz CT molecular complexity index is 793. The summed E-state index contributed by atoms with van der Waals surface area (Å²) in [7, 11) is 0. The molecule has 0 aliphatic heterocycles. The van der Waals surface area contributed by atoms with Gasteiger partial charge < -0.3 is 14.9 Å². The summed E-state index contributed by atoms with van der Waals surface area (Å²) >= 11 is 0. The van der Waals surface area contributed by atoms with Crippen molar-refractivity contribution < 1.29 is 19.7 Å². The van der Waals surface area contributed by atoms with Crippen LogP contribution in [0.5, 0.6) is 11.5 Å². The molecule has 0 heterocycles. The number of benzene rings is 2. The zero-order chi connectivity index (χ0) is 20.5. The molecule has 28 heavy (non-hydrogen) atoms. The highest BCUT2D eigenvalue weighted by Gasteiger charge is 2.20. The van der Waals surface area contributed by atoms with E-state index in [9.17, 15) is 15.0 Å². The SMILES string of the molecule is C=Cc1ccc(COc2cc(C(=O)O)c(O)c(C(C)CCCCCC)c2)cc1. The molecule has 4 heteroatoms. The van der Waals surface area contributed by atoms with Gasteiger partial charge in [0.1, 0.15) is 23.7 Å². The molecule has 0 bridgehead atoms. The lowest BCUT2D eigenvalue weighted by atomic mass is 9.92. The molecule has 0 aromatic heterocycles.